The molecule has 3 aromatic carbocycles. The van der Waals surface area contributed by atoms with Crippen LogP contribution in [0.25, 0.3) is 18.2 Å². The summed E-state index contributed by atoms with van der Waals surface area (Å²) in [5.41, 5.74) is 2.19. The Balaban J connectivity index is 1.85. The number of anilines is 1. The third-order valence-electron chi connectivity index (χ3n) is 5.36. The molecule has 0 unspecified atom stereocenters. The Labute approximate surface area is 215 Å². The second-order valence-corrected chi connectivity index (χ2v) is 7.67. The number of hydrogen-bond acceptors (Lipinski definition) is 8. The van der Waals surface area contributed by atoms with E-state index in [1.165, 1.54) is 53.8 Å². The summed E-state index contributed by atoms with van der Waals surface area (Å²) in [7, 11) is 7.48. The summed E-state index contributed by atoms with van der Waals surface area (Å²) < 4.78 is 26.4. The molecule has 0 atom stereocenters. The SMILES string of the molecule is COc1ccc(/C=C/C(=O)Nc2cc(/C=C/c3cc(OC)c(OC)c(OC)c3)cc(OC)c2O)cc1O. The Kier molecular flexibility index (Phi) is 8.88. The normalized spacial score (nSPS) is 10.9. The maximum absolute atomic E-state index is 12.5. The lowest BCUT2D eigenvalue weighted by molar-refractivity contribution is -0.111. The Morgan fingerprint density at radius 1 is 0.676 bits per heavy atom. The summed E-state index contributed by atoms with van der Waals surface area (Å²) in [4.78, 5) is 12.5. The molecule has 0 fully saturated rings. The van der Waals surface area contributed by atoms with E-state index in [-0.39, 0.29) is 22.9 Å². The standard InChI is InChI=1S/C28H29NO8/c1-33-22-10-8-17(13-21(22)30)9-11-26(31)29-20-12-18(14-23(34-2)27(20)32)6-7-19-15-24(35-3)28(37-5)25(16-19)36-4/h6-16,30,32H,1-5H3,(H,29,31)/b7-6+,11-9+. The Morgan fingerprint density at radius 3 is 1.78 bits per heavy atom. The van der Waals surface area contributed by atoms with E-state index in [4.69, 9.17) is 23.7 Å². The molecular formula is C28H29NO8. The van der Waals surface area contributed by atoms with Gasteiger partial charge in [0.1, 0.15) is 0 Å². The van der Waals surface area contributed by atoms with E-state index in [0.29, 0.717) is 34.1 Å². The first-order valence-electron chi connectivity index (χ1n) is 11.1. The molecule has 0 radical (unpaired) electrons. The quantitative estimate of drug-likeness (QED) is 0.200. The van der Waals surface area contributed by atoms with Crippen LogP contribution in [0.4, 0.5) is 5.69 Å². The number of amides is 1. The lowest BCUT2D eigenvalue weighted by atomic mass is 10.1. The van der Waals surface area contributed by atoms with Crippen LogP contribution in [0.1, 0.15) is 16.7 Å². The van der Waals surface area contributed by atoms with Crippen molar-refractivity contribution in [3.8, 4) is 40.2 Å². The Hall–Kier alpha value is -4.79. The highest BCUT2D eigenvalue weighted by atomic mass is 16.5. The van der Waals surface area contributed by atoms with Crippen LogP contribution >= 0.6 is 0 Å². The van der Waals surface area contributed by atoms with Gasteiger partial charge in [-0.15, -0.1) is 0 Å². The average molecular weight is 508 g/mol. The number of nitrogens with one attached hydrogen (secondary N) is 1. The number of phenolic OH excluding ortho intramolecular Hbond substituents is 2. The van der Waals surface area contributed by atoms with E-state index >= 15 is 0 Å². The van der Waals surface area contributed by atoms with E-state index in [1.54, 1.807) is 42.5 Å². The van der Waals surface area contributed by atoms with Gasteiger partial charge in [0.2, 0.25) is 11.7 Å². The highest BCUT2D eigenvalue weighted by Gasteiger charge is 2.14. The zero-order valence-corrected chi connectivity index (χ0v) is 21.2. The van der Waals surface area contributed by atoms with Gasteiger partial charge in [-0.2, -0.15) is 0 Å². The van der Waals surface area contributed by atoms with Crippen molar-refractivity contribution in [2.75, 3.05) is 40.9 Å². The minimum absolute atomic E-state index is 0.0426. The first-order chi connectivity index (χ1) is 17.8. The summed E-state index contributed by atoms with van der Waals surface area (Å²) in [6, 6.07) is 11.6. The predicted molar refractivity (Wildman–Crippen MR) is 142 cm³/mol. The van der Waals surface area contributed by atoms with Crippen molar-refractivity contribution in [2.45, 2.75) is 0 Å². The number of benzene rings is 3. The largest absolute Gasteiger partial charge is 0.504 e. The van der Waals surface area contributed by atoms with E-state index < -0.39 is 5.91 Å². The summed E-state index contributed by atoms with van der Waals surface area (Å²) >= 11 is 0. The van der Waals surface area contributed by atoms with E-state index in [2.05, 4.69) is 5.32 Å². The number of carbonyl (C=O) groups excluding carboxylic acids is 1. The smallest absolute Gasteiger partial charge is 0.248 e. The van der Waals surface area contributed by atoms with Crippen LogP contribution in [0.2, 0.25) is 0 Å². The van der Waals surface area contributed by atoms with Gasteiger partial charge in [0.05, 0.1) is 41.2 Å². The minimum atomic E-state index is -0.488. The van der Waals surface area contributed by atoms with Crippen LogP contribution in [0, 0.1) is 0 Å². The highest BCUT2D eigenvalue weighted by Crippen LogP contribution is 2.39. The number of hydrogen-bond donors (Lipinski definition) is 3. The van der Waals surface area contributed by atoms with Crippen LogP contribution in [0.15, 0.2) is 48.5 Å². The molecule has 0 aliphatic rings. The summed E-state index contributed by atoms with van der Waals surface area (Å²) in [6.07, 6.45) is 6.41. The fourth-order valence-electron chi connectivity index (χ4n) is 3.52. The van der Waals surface area contributed by atoms with Gasteiger partial charge >= 0.3 is 0 Å². The molecule has 0 spiro atoms. The second kappa shape index (κ2) is 12.3. The van der Waals surface area contributed by atoms with Gasteiger partial charge < -0.3 is 39.2 Å². The molecule has 0 aromatic heterocycles. The lowest BCUT2D eigenvalue weighted by Gasteiger charge is -2.13. The van der Waals surface area contributed by atoms with Crippen molar-refractivity contribution in [1.82, 2.24) is 0 Å². The molecule has 0 aliphatic carbocycles. The molecule has 0 saturated carbocycles. The van der Waals surface area contributed by atoms with Crippen molar-refractivity contribution in [3.05, 3.63) is 65.2 Å². The van der Waals surface area contributed by atoms with Crippen molar-refractivity contribution < 1.29 is 38.7 Å². The Morgan fingerprint density at radius 2 is 1.24 bits per heavy atom. The molecule has 0 aliphatic heterocycles. The fourth-order valence-corrected chi connectivity index (χ4v) is 3.52. The van der Waals surface area contributed by atoms with E-state index in [1.807, 2.05) is 6.08 Å². The van der Waals surface area contributed by atoms with Crippen LogP contribution in [-0.4, -0.2) is 51.7 Å². The zero-order chi connectivity index (χ0) is 26.9. The van der Waals surface area contributed by atoms with Crippen LogP contribution < -0.4 is 29.0 Å². The van der Waals surface area contributed by atoms with Crippen molar-refractivity contribution in [3.63, 3.8) is 0 Å². The van der Waals surface area contributed by atoms with Gasteiger partial charge in [-0.3, -0.25) is 4.79 Å². The van der Waals surface area contributed by atoms with Crippen LogP contribution in [-0.2, 0) is 4.79 Å². The number of carbonyl (C=O) groups is 1. The number of phenols is 2. The topological polar surface area (TPSA) is 116 Å². The first-order valence-corrected chi connectivity index (χ1v) is 11.1. The summed E-state index contributed by atoms with van der Waals surface area (Å²) in [6.45, 7) is 0. The minimum Gasteiger partial charge on any atom is -0.504 e. The molecule has 3 N–H and O–H groups in total. The highest BCUT2D eigenvalue weighted by molar-refractivity contribution is 6.03. The maximum atomic E-state index is 12.5. The molecule has 0 heterocycles. The molecule has 0 saturated heterocycles. The molecule has 3 rings (SSSR count). The number of rotatable bonds is 10. The molecule has 1 amide bonds. The van der Waals surface area contributed by atoms with Gasteiger partial charge in [-0.25, -0.2) is 0 Å². The van der Waals surface area contributed by atoms with Crippen LogP contribution in [0.5, 0.6) is 40.2 Å². The van der Waals surface area contributed by atoms with Gasteiger partial charge in [0, 0.05) is 6.08 Å². The van der Waals surface area contributed by atoms with Crippen molar-refractivity contribution in [1.29, 1.82) is 0 Å². The number of ether oxygens (including phenoxy) is 5. The third-order valence-corrected chi connectivity index (χ3v) is 5.36. The lowest BCUT2D eigenvalue weighted by Crippen LogP contribution is -2.08. The molecule has 194 valence electrons. The van der Waals surface area contributed by atoms with E-state index in [0.717, 1.165) is 5.56 Å². The van der Waals surface area contributed by atoms with Crippen molar-refractivity contribution >= 4 is 29.8 Å². The second-order valence-electron chi connectivity index (χ2n) is 7.67. The van der Waals surface area contributed by atoms with Gasteiger partial charge in [-0.05, 0) is 59.2 Å². The van der Waals surface area contributed by atoms with Gasteiger partial charge in [0.25, 0.3) is 0 Å². The number of aromatic hydroxyl groups is 2. The van der Waals surface area contributed by atoms with E-state index in [9.17, 15) is 15.0 Å². The first kappa shape index (κ1) is 26.8. The van der Waals surface area contributed by atoms with Gasteiger partial charge in [0.15, 0.2) is 34.5 Å². The predicted octanol–water partition coefficient (Wildman–Crippen LogP) is 4.96. The molecule has 9 heteroatoms. The molecular weight excluding hydrogens is 478 g/mol. The molecule has 0 bridgehead atoms. The molecule has 37 heavy (non-hydrogen) atoms. The summed E-state index contributed by atoms with van der Waals surface area (Å²) in [5.74, 6) is 1.27. The van der Waals surface area contributed by atoms with Crippen molar-refractivity contribution in [2.24, 2.45) is 0 Å². The fraction of sp³-hybridized carbons (Fsp3) is 0.179. The monoisotopic (exact) mass is 507 g/mol. The molecule has 3 aromatic rings. The third kappa shape index (κ3) is 6.46. The maximum Gasteiger partial charge on any atom is 0.248 e. The summed E-state index contributed by atoms with van der Waals surface area (Å²) in [5, 5.41) is 23.1. The van der Waals surface area contributed by atoms with Crippen LogP contribution in [0.3, 0.4) is 0 Å². The number of methoxy groups -OCH3 is 5. The average Bonchev–Trinajstić information content (AvgIpc) is 2.91. The molecule has 9 nitrogen and oxygen atoms in total. The zero-order valence-electron chi connectivity index (χ0n) is 21.2. The Bertz CT molecular complexity index is 1300. The van der Waals surface area contributed by atoms with Gasteiger partial charge in [-0.1, -0.05) is 18.2 Å².